The van der Waals surface area contributed by atoms with Crippen LogP contribution in [-0.4, -0.2) is 19.1 Å². The Balaban J connectivity index is 3.03. The van der Waals surface area contributed by atoms with Gasteiger partial charge in [0.05, 0.1) is 18.6 Å². The highest BCUT2D eigenvalue weighted by atomic mass is 16.5. The molecule has 0 radical (unpaired) electrons. The molecule has 0 aliphatic rings. The summed E-state index contributed by atoms with van der Waals surface area (Å²) >= 11 is 0. The predicted octanol–water partition coefficient (Wildman–Crippen LogP) is 3.55. The summed E-state index contributed by atoms with van der Waals surface area (Å²) < 4.78 is 5.15. The fourth-order valence-corrected chi connectivity index (χ4v) is 2.42. The quantitative estimate of drug-likeness (QED) is 0.738. The van der Waals surface area contributed by atoms with Crippen molar-refractivity contribution in [1.29, 1.82) is 0 Å². The van der Waals surface area contributed by atoms with E-state index >= 15 is 0 Å². The van der Waals surface area contributed by atoms with E-state index in [1.54, 1.807) is 0 Å². The van der Waals surface area contributed by atoms with Crippen LogP contribution >= 0.6 is 0 Å². The molecule has 0 bridgehead atoms. The smallest absolute Gasteiger partial charge is 0.308 e. The maximum atomic E-state index is 12.0. The first-order valence-electron chi connectivity index (χ1n) is 7.55. The van der Waals surface area contributed by atoms with Crippen molar-refractivity contribution in [2.45, 2.75) is 52.5 Å². The van der Waals surface area contributed by atoms with Crippen molar-refractivity contribution >= 4 is 5.97 Å². The van der Waals surface area contributed by atoms with Gasteiger partial charge >= 0.3 is 5.97 Å². The highest BCUT2D eigenvalue weighted by Gasteiger charge is 2.32. The molecule has 3 heteroatoms. The summed E-state index contributed by atoms with van der Waals surface area (Å²) in [7, 11) is 0. The molecule has 0 saturated heterocycles. The van der Waals surface area contributed by atoms with Crippen LogP contribution in [0.2, 0.25) is 0 Å². The molecule has 0 heterocycles. The zero-order valence-electron chi connectivity index (χ0n) is 13.2. The maximum Gasteiger partial charge on any atom is 0.308 e. The third-order valence-corrected chi connectivity index (χ3v) is 3.67. The van der Waals surface area contributed by atoms with Gasteiger partial charge in [-0.2, -0.15) is 0 Å². The van der Waals surface area contributed by atoms with Gasteiger partial charge in [0.2, 0.25) is 0 Å². The third-order valence-electron chi connectivity index (χ3n) is 3.67. The molecule has 0 fully saturated rings. The van der Waals surface area contributed by atoms with E-state index in [4.69, 9.17) is 4.74 Å². The minimum Gasteiger partial charge on any atom is -0.466 e. The molecule has 1 N–H and O–H groups in total. The standard InChI is InChI=1S/C17H27NO2/c1-5-12-18-17(6-2,13-16(19)20-7-3)15-10-8-14(4)9-11-15/h8-11,18H,5-7,12-13H2,1-4H3. The highest BCUT2D eigenvalue weighted by molar-refractivity contribution is 5.71. The van der Waals surface area contributed by atoms with Gasteiger partial charge in [-0.1, -0.05) is 43.7 Å². The Bertz CT molecular complexity index is 414. The van der Waals surface area contributed by atoms with Crippen LogP contribution in [0.25, 0.3) is 0 Å². The van der Waals surface area contributed by atoms with E-state index in [2.05, 4.69) is 50.4 Å². The van der Waals surface area contributed by atoms with Crippen molar-refractivity contribution in [2.24, 2.45) is 0 Å². The Hall–Kier alpha value is -1.35. The molecule has 1 aromatic rings. The summed E-state index contributed by atoms with van der Waals surface area (Å²) in [5.41, 5.74) is 2.06. The van der Waals surface area contributed by atoms with Crippen molar-refractivity contribution < 1.29 is 9.53 Å². The predicted molar refractivity (Wildman–Crippen MR) is 82.7 cm³/mol. The SMILES string of the molecule is CCCNC(CC)(CC(=O)OCC)c1ccc(C)cc1. The summed E-state index contributed by atoms with van der Waals surface area (Å²) in [6, 6.07) is 8.42. The lowest BCUT2D eigenvalue weighted by atomic mass is 9.83. The second-order valence-corrected chi connectivity index (χ2v) is 5.21. The third kappa shape index (κ3) is 4.34. The van der Waals surface area contributed by atoms with Crippen LogP contribution in [0.4, 0.5) is 0 Å². The monoisotopic (exact) mass is 277 g/mol. The van der Waals surface area contributed by atoms with Crippen molar-refractivity contribution in [3.63, 3.8) is 0 Å². The van der Waals surface area contributed by atoms with Crippen LogP contribution in [-0.2, 0) is 15.1 Å². The number of nitrogens with one attached hydrogen (secondary N) is 1. The van der Waals surface area contributed by atoms with Gasteiger partial charge in [0.1, 0.15) is 0 Å². The molecular weight excluding hydrogens is 250 g/mol. The van der Waals surface area contributed by atoms with E-state index in [0.717, 1.165) is 24.9 Å². The number of esters is 1. The number of benzene rings is 1. The number of carbonyl (C=O) groups is 1. The number of hydrogen-bond acceptors (Lipinski definition) is 3. The molecule has 0 saturated carbocycles. The van der Waals surface area contributed by atoms with E-state index in [0.29, 0.717) is 13.0 Å². The lowest BCUT2D eigenvalue weighted by molar-refractivity contribution is -0.145. The van der Waals surface area contributed by atoms with Gasteiger partial charge < -0.3 is 10.1 Å². The van der Waals surface area contributed by atoms with E-state index in [-0.39, 0.29) is 11.5 Å². The summed E-state index contributed by atoms with van der Waals surface area (Å²) in [5, 5.41) is 3.56. The fourth-order valence-electron chi connectivity index (χ4n) is 2.42. The second-order valence-electron chi connectivity index (χ2n) is 5.21. The second kappa shape index (κ2) is 8.05. The molecule has 1 aromatic carbocycles. The molecule has 0 aromatic heterocycles. The van der Waals surface area contributed by atoms with Crippen LogP contribution in [0.3, 0.4) is 0 Å². The maximum absolute atomic E-state index is 12.0. The summed E-state index contributed by atoms with van der Waals surface area (Å²) in [6.45, 7) is 9.48. The normalized spacial score (nSPS) is 13.8. The first kappa shape index (κ1) is 16.7. The lowest BCUT2D eigenvalue weighted by Crippen LogP contribution is -2.44. The number of rotatable bonds is 8. The minimum absolute atomic E-state index is 0.140. The molecule has 112 valence electrons. The van der Waals surface area contributed by atoms with Crippen LogP contribution in [0.1, 0.15) is 51.2 Å². The number of carbonyl (C=O) groups excluding carboxylic acids is 1. The number of ether oxygens (including phenoxy) is 1. The topological polar surface area (TPSA) is 38.3 Å². The minimum atomic E-state index is -0.323. The Morgan fingerprint density at radius 2 is 1.85 bits per heavy atom. The number of aryl methyl sites for hydroxylation is 1. The molecule has 1 unspecified atom stereocenters. The van der Waals surface area contributed by atoms with Gasteiger partial charge in [0.15, 0.2) is 0 Å². The molecule has 1 rings (SSSR count). The molecule has 0 aliphatic heterocycles. The highest BCUT2D eigenvalue weighted by Crippen LogP contribution is 2.29. The van der Waals surface area contributed by atoms with Crippen LogP contribution in [0.5, 0.6) is 0 Å². The first-order chi connectivity index (χ1) is 9.57. The lowest BCUT2D eigenvalue weighted by Gasteiger charge is -2.34. The molecule has 0 aliphatic carbocycles. The Kier molecular flexibility index (Phi) is 6.73. The first-order valence-corrected chi connectivity index (χ1v) is 7.55. The van der Waals surface area contributed by atoms with Gasteiger partial charge in [-0.05, 0) is 38.8 Å². The fraction of sp³-hybridized carbons (Fsp3) is 0.588. The van der Waals surface area contributed by atoms with Gasteiger partial charge in [-0.25, -0.2) is 0 Å². The molecule has 20 heavy (non-hydrogen) atoms. The molecule has 3 nitrogen and oxygen atoms in total. The van der Waals surface area contributed by atoms with E-state index in [1.807, 2.05) is 6.92 Å². The van der Waals surface area contributed by atoms with E-state index in [1.165, 1.54) is 5.56 Å². The molecule has 1 atom stereocenters. The van der Waals surface area contributed by atoms with Gasteiger partial charge in [-0.15, -0.1) is 0 Å². The van der Waals surface area contributed by atoms with Crippen molar-refractivity contribution in [2.75, 3.05) is 13.2 Å². The van der Waals surface area contributed by atoms with Gasteiger partial charge in [0, 0.05) is 0 Å². The summed E-state index contributed by atoms with van der Waals surface area (Å²) in [5.74, 6) is -0.140. The Morgan fingerprint density at radius 3 is 2.35 bits per heavy atom. The van der Waals surface area contributed by atoms with E-state index in [9.17, 15) is 4.79 Å². The van der Waals surface area contributed by atoms with Crippen LogP contribution < -0.4 is 5.32 Å². The zero-order valence-corrected chi connectivity index (χ0v) is 13.2. The molecular formula is C17H27NO2. The van der Waals surface area contributed by atoms with Gasteiger partial charge in [-0.3, -0.25) is 4.79 Å². The largest absolute Gasteiger partial charge is 0.466 e. The van der Waals surface area contributed by atoms with E-state index < -0.39 is 0 Å². The van der Waals surface area contributed by atoms with Gasteiger partial charge in [0.25, 0.3) is 0 Å². The molecule has 0 spiro atoms. The van der Waals surface area contributed by atoms with Crippen LogP contribution in [0.15, 0.2) is 24.3 Å². The average Bonchev–Trinajstić information content (AvgIpc) is 2.44. The molecule has 0 amide bonds. The zero-order chi connectivity index (χ0) is 15.0. The van der Waals surface area contributed by atoms with Crippen molar-refractivity contribution in [3.05, 3.63) is 35.4 Å². The Labute approximate surface area is 122 Å². The van der Waals surface area contributed by atoms with Crippen molar-refractivity contribution in [3.8, 4) is 0 Å². The average molecular weight is 277 g/mol. The number of hydrogen-bond donors (Lipinski definition) is 1. The van der Waals surface area contributed by atoms with Crippen molar-refractivity contribution in [1.82, 2.24) is 5.32 Å². The van der Waals surface area contributed by atoms with Crippen LogP contribution in [0, 0.1) is 6.92 Å². The summed E-state index contributed by atoms with van der Waals surface area (Å²) in [4.78, 5) is 12.0. The summed E-state index contributed by atoms with van der Waals surface area (Å²) in [6.07, 6.45) is 2.27. The Morgan fingerprint density at radius 1 is 1.20 bits per heavy atom.